The Kier molecular flexibility index (Phi) is 8.95. The summed E-state index contributed by atoms with van der Waals surface area (Å²) in [7, 11) is 0. The van der Waals surface area contributed by atoms with Gasteiger partial charge in [-0.05, 0) is 38.2 Å². The highest BCUT2D eigenvalue weighted by Gasteiger charge is 1.92. The van der Waals surface area contributed by atoms with Gasteiger partial charge in [-0.25, -0.2) is 4.79 Å². The van der Waals surface area contributed by atoms with Gasteiger partial charge in [-0.2, -0.15) is 0 Å². The smallest absolute Gasteiger partial charge is 0.330 e. The van der Waals surface area contributed by atoms with Crippen LogP contribution in [0.15, 0.2) is 54.6 Å². The summed E-state index contributed by atoms with van der Waals surface area (Å²) >= 11 is 0. The Hall–Kier alpha value is -1.83. The van der Waals surface area contributed by atoms with Crippen molar-refractivity contribution in [2.24, 2.45) is 0 Å². The summed E-state index contributed by atoms with van der Waals surface area (Å²) in [5.41, 5.74) is 1.42. The molecule has 0 aliphatic carbocycles. The molecule has 1 aromatic carbocycles. The lowest BCUT2D eigenvalue weighted by Gasteiger charge is -2.00. The number of carbonyl (C=O) groups excluding carboxylic acids is 1. The van der Waals surface area contributed by atoms with Crippen molar-refractivity contribution in [2.45, 2.75) is 39.0 Å². The van der Waals surface area contributed by atoms with Crippen LogP contribution >= 0.6 is 0 Å². The van der Waals surface area contributed by atoms with E-state index in [0.29, 0.717) is 6.61 Å². The van der Waals surface area contributed by atoms with Gasteiger partial charge in [0.25, 0.3) is 0 Å². The average molecular weight is 272 g/mol. The highest BCUT2D eigenvalue weighted by molar-refractivity contribution is 5.82. The van der Waals surface area contributed by atoms with Crippen LogP contribution in [0.2, 0.25) is 0 Å². The number of ether oxygens (including phenoxy) is 1. The predicted octanol–water partition coefficient (Wildman–Crippen LogP) is 4.47. The Bertz CT molecular complexity index is 418. The quantitative estimate of drug-likeness (QED) is 0.287. The molecule has 108 valence electrons. The van der Waals surface area contributed by atoms with E-state index < -0.39 is 0 Å². The van der Waals surface area contributed by atoms with Crippen LogP contribution in [-0.4, -0.2) is 12.6 Å². The van der Waals surface area contributed by atoms with Crippen LogP contribution in [0.4, 0.5) is 0 Å². The van der Waals surface area contributed by atoms with Gasteiger partial charge in [0.1, 0.15) is 0 Å². The first-order valence-electron chi connectivity index (χ1n) is 7.37. The largest absolute Gasteiger partial charge is 0.463 e. The van der Waals surface area contributed by atoms with Crippen LogP contribution in [0.25, 0.3) is 0 Å². The minimum absolute atomic E-state index is 0.278. The molecule has 0 N–H and O–H groups in total. The monoisotopic (exact) mass is 272 g/mol. The Morgan fingerprint density at radius 1 is 1.10 bits per heavy atom. The molecule has 2 heteroatoms. The van der Waals surface area contributed by atoms with Gasteiger partial charge in [0.05, 0.1) is 6.61 Å². The summed E-state index contributed by atoms with van der Waals surface area (Å²) in [6.07, 6.45) is 13.1. The van der Waals surface area contributed by atoms with Gasteiger partial charge in [0.15, 0.2) is 0 Å². The van der Waals surface area contributed by atoms with Crippen molar-refractivity contribution in [3.8, 4) is 0 Å². The lowest BCUT2D eigenvalue weighted by Crippen LogP contribution is -1.98. The van der Waals surface area contributed by atoms with E-state index in [1.54, 1.807) is 13.0 Å². The van der Waals surface area contributed by atoms with E-state index in [-0.39, 0.29) is 5.97 Å². The second kappa shape index (κ2) is 11.0. The van der Waals surface area contributed by atoms with Crippen molar-refractivity contribution in [2.75, 3.05) is 6.61 Å². The zero-order chi connectivity index (χ0) is 14.5. The summed E-state index contributed by atoms with van der Waals surface area (Å²) in [4.78, 5) is 11.0. The first-order valence-corrected chi connectivity index (χ1v) is 7.37. The zero-order valence-corrected chi connectivity index (χ0v) is 12.3. The fraction of sp³-hybridized carbons (Fsp3) is 0.389. The van der Waals surface area contributed by atoms with Gasteiger partial charge in [-0.3, -0.25) is 0 Å². The molecule has 20 heavy (non-hydrogen) atoms. The molecule has 0 saturated carbocycles. The van der Waals surface area contributed by atoms with Crippen LogP contribution in [0, 0.1) is 0 Å². The first kappa shape index (κ1) is 16.2. The van der Waals surface area contributed by atoms with E-state index in [0.717, 1.165) is 12.8 Å². The van der Waals surface area contributed by atoms with Crippen molar-refractivity contribution >= 4 is 5.97 Å². The Morgan fingerprint density at radius 3 is 2.65 bits per heavy atom. The lowest BCUT2D eigenvalue weighted by atomic mass is 10.1. The number of carbonyl (C=O) groups is 1. The highest BCUT2D eigenvalue weighted by atomic mass is 16.5. The second-order valence-corrected chi connectivity index (χ2v) is 4.62. The maximum Gasteiger partial charge on any atom is 0.330 e. The van der Waals surface area contributed by atoms with E-state index in [1.807, 2.05) is 6.08 Å². The number of benzene rings is 1. The molecule has 2 nitrogen and oxygen atoms in total. The van der Waals surface area contributed by atoms with E-state index in [9.17, 15) is 4.79 Å². The number of aryl methyl sites for hydroxylation is 1. The average Bonchev–Trinajstić information content (AvgIpc) is 2.47. The van der Waals surface area contributed by atoms with Gasteiger partial charge in [0.2, 0.25) is 0 Å². The van der Waals surface area contributed by atoms with E-state index in [2.05, 4.69) is 36.4 Å². The first-order chi connectivity index (χ1) is 9.83. The summed E-state index contributed by atoms with van der Waals surface area (Å²) in [6.45, 7) is 2.23. The van der Waals surface area contributed by atoms with Crippen molar-refractivity contribution in [1.82, 2.24) is 0 Å². The molecule has 0 aliphatic rings. The third-order valence-corrected chi connectivity index (χ3v) is 2.95. The fourth-order valence-corrected chi connectivity index (χ4v) is 1.91. The molecule has 1 aromatic rings. The molecule has 0 heterocycles. The summed E-state index contributed by atoms with van der Waals surface area (Å²) in [5, 5.41) is 0. The molecule has 1 rings (SSSR count). The van der Waals surface area contributed by atoms with Crippen LogP contribution < -0.4 is 0 Å². The molecule has 0 unspecified atom stereocenters. The Morgan fingerprint density at radius 2 is 1.90 bits per heavy atom. The lowest BCUT2D eigenvalue weighted by molar-refractivity contribution is -0.137. The fourth-order valence-electron chi connectivity index (χ4n) is 1.91. The molecule has 0 amide bonds. The molecule has 0 fully saturated rings. The molecule has 0 spiro atoms. The van der Waals surface area contributed by atoms with Crippen molar-refractivity contribution in [3.05, 3.63) is 60.2 Å². The van der Waals surface area contributed by atoms with Gasteiger partial charge < -0.3 is 4.74 Å². The Balaban J connectivity index is 2.00. The van der Waals surface area contributed by atoms with Crippen LogP contribution in [0.5, 0.6) is 0 Å². The minimum Gasteiger partial charge on any atom is -0.463 e. The van der Waals surface area contributed by atoms with Gasteiger partial charge >= 0.3 is 5.97 Å². The normalized spacial score (nSPS) is 11.2. The number of hydrogen-bond acceptors (Lipinski definition) is 2. The molecule has 0 atom stereocenters. The molecule has 0 saturated heterocycles. The van der Waals surface area contributed by atoms with E-state index in [1.165, 1.54) is 30.9 Å². The van der Waals surface area contributed by atoms with Gasteiger partial charge in [-0.1, -0.05) is 55.0 Å². The third kappa shape index (κ3) is 8.30. The summed E-state index contributed by atoms with van der Waals surface area (Å²) in [6, 6.07) is 10.6. The van der Waals surface area contributed by atoms with Crippen LogP contribution in [0.3, 0.4) is 0 Å². The third-order valence-electron chi connectivity index (χ3n) is 2.95. The molecule has 0 aromatic heterocycles. The minimum atomic E-state index is -0.278. The van der Waals surface area contributed by atoms with Crippen molar-refractivity contribution in [3.63, 3.8) is 0 Å². The number of rotatable bonds is 9. The SMILES string of the molecule is CCOC(=O)/C=C/C=C/CCCCCc1ccccc1. The second-order valence-electron chi connectivity index (χ2n) is 4.62. The maximum absolute atomic E-state index is 11.0. The van der Waals surface area contributed by atoms with Crippen molar-refractivity contribution in [1.29, 1.82) is 0 Å². The van der Waals surface area contributed by atoms with Gasteiger partial charge in [-0.15, -0.1) is 0 Å². The van der Waals surface area contributed by atoms with Crippen molar-refractivity contribution < 1.29 is 9.53 Å². The van der Waals surface area contributed by atoms with Gasteiger partial charge in [0, 0.05) is 6.08 Å². The molecular formula is C18H24O2. The van der Waals surface area contributed by atoms with Crippen LogP contribution in [0.1, 0.15) is 38.2 Å². The highest BCUT2D eigenvalue weighted by Crippen LogP contribution is 2.07. The molecule has 0 bridgehead atoms. The number of unbranched alkanes of at least 4 members (excludes halogenated alkanes) is 3. The molecule has 0 radical (unpaired) electrons. The van der Waals surface area contributed by atoms with E-state index in [4.69, 9.17) is 4.74 Å². The predicted molar refractivity (Wildman–Crippen MR) is 83.5 cm³/mol. The number of hydrogen-bond donors (Lipinski definition) is 0. The molecule has 0 aliphatic heterocycles. The van der Waals surface area contributed by atoms with E-state index >= 15 is 0 Å². The number of esters is 1. The number of allylic oxidation sites excluding steroid dienone is 3. The maximum atomic E-state index is 11.0. The summed E-state index contributed by atoms with van der Waals surface area (Å²) < 4.78 is 4.78. The van der Waals surface area contributed by atoms with Crippen LogP contribution in [-0.2, 0) is 16.0 Å². The Labute approximate surface area is 122 Å². The molecular weight excluding hydrogens is 248 g/mol. The topological polar surface area (TPSA) is 26.3 Å². The standard InChI is InChI=1S/C18H24O2/c1-2-20-18(19)16-12-7-5-3-4-6-9-13-17-14-10-8-11-15-17/h5,7-8,10-12,14-16H,2-4,6,9,13H2,1H3/b7-5+,16-12+. The zero-order valence-electron chi connectivity index (χ0n) is 12.3. The summed E-state index contributed by atoms with van der Waals surface area (Å²) in [5.74, 6) is -0.278.